The molecule has 0 saturated heterocycles. The van der Waals surface area contributed by atoms with Crippen LogP contribution in [-0.4, -0.2) is 37.2 Å². The highest BCUT2D eigenvalue weighted by Crippen LogP contribution is 2.15. The van der Waals surface area contributed by atoms with E-state index < -0.39 is 6.10 Å². The van der Waals surface area contributed by atoms with Crippen molar-refractivity contribution in [3.05, 3.63) is 170 Å². The number of carbonyl (C=O) groups excluding carboxylic acids is 3. The van der Waals surface area contributed by atoms with Crippen LogP contribution in [0.3, 0.4) is 0 Å². The van der Waals surface area contributed by atoms with Gasteiger partial charge in [-0.25, -0.2) is 0 Å². The van der Waals surface area contributed by atoms with Crippen LogP contribution in [0.25, 0.3) is 0 Å². The molecule has 6 heteroatoms. The van der Waals surface area contributed by atoms with E-state index in [2.05, 4.69) is 191 Å². The minimum absolute atomic E-state index is 0.108. The Morgan fingerprint density at radius 3 is 0.778 bits per heavy atom. The fraction of sp³-hybridized carbons (Fsp3) is 0.587. The topological polar surface area (TPSA) is 78.9 Å². The highest BCUT2D eigenvalue weighted by atomic mass is 16.6. The minimum atomic E-state index is -0.819. The molecule has 0 aromatic carbocycles. The van der Waals surface area contributed by atoms with Crippen LogP contribution in [0, 0.1) is 0 Å². The fourth-order valence-electron chi connectivity index (χ4n) is 8.40. The first-order valence-electron chi connectivity index (χ1n) is 32.6. The minimum Gasteiger partial charge on any atom is -0.462 e. The van der Waals surface area contributed by atoms with E-state index in [1.54, 1.807) is 0 Å². The van der Waals surface area contributed by atoms with Gasteiger partial charge in [-0.3, -0.25) is 14.4 Å². The van der Waals surface area contributed by atoms with Crippen molar-refractivity contribution < 1.29 is 28.6 Å². The number of unbranched alkanes of at least 4 members (excludes halogenated alkanes) is 18. The largest absolute Gasteiger partial charge is 0.462 e. The SMILES string of the molecule is CC/C=C\C/C=C\C/C=C\C/C=C\C/C=C\C/C=C\C/C=C\C/C=C\CCCCC(=O)OCC(COC(=O)CCCCCCCCCCCCCCC)OC(=O)CCCCCC/C=C\C/C=C\C/C=C\C/C=C\C/C=C\C/C=C\CC. The van der Waals surface area contributed by atoms with E-state index in [0.717, 1.165) is 154 Å². The molecule has 0 N–H and O–H groups in total. The Balaban J connectivity index is 4.51. The zero-order chi connectivity index (χ0) is 58.5. The van der Waals surface area contributed by atoms with Crippen LogP contribution in [0.1, 0.15) is 265 Å². The third-order valence-corrected chi connectivity index (χ3v) is 13.2. The summed E-state index contributed by atoms with van der Waals surface area (Å²) in [7, 11) is 0. The van der Waals surface area contributed by atoms with Gasteiger partial charge in [-0.05, 0) is 135 Å². The van der Waals surface area contributed by atoms with Gasteiger partial charge in [0.1, 0.15) is 13.2 Å². The third kappa shape index (κ3) is 65.5. The first-order chi connectivity index (χ1) is 40.0. The van der Waals surface area contributed by atoms with Crippen molar-refractivity contribution in [1.82, 2.24) is 0 Å². The van der Waals surface area contributed by atoms with E-state index >= 15 is 0 Å². The lowest BCUT2D eigenvalue weighted by atomic mass is 10.0. The number of hydrogen-bond donors (Lipinski definition) is 0. The molecule has 0 amide bonds. The van der Waals surface area contributed by atoms with Crippen molar-refractivity contribution in [1.29, 1.82) is 0 Å². The molecule has 1 unspecified atom stereocenters. The Bertz CT molecular complexity index is 1860. The molecule has 0 aliphatic rings. The molecular weight excluding hydrogens is 997 g/mol. The van der Waals surface area contributed by atoms with E-state index in [4.69, 9.17) is 14.2 Å². The number of ether oxygens (including phenoxy) is 3. The van der Waals surface area contributed by atoms with Crippen LogP contribution in [0.4, 0.5) is 0 Å². The van der Waals surface area contributed by atoms with E-state index in [9.17, 15) is 14.4 Å². The van der Waals surface area contributed by atoms with E-state index in [0.29, 0.717) is 12.8 Å². The van der Waals surface area contributed by atoms with Gasteiger partial charge in [0.25, 0.3) is 0 Å². The van der Waals surface area contributed by atoms with Gasteiger partial charge in [0.05, 0.1) is 0 Å². The maximum Gasteiger partial charge on any atom is 0.306 e. The van der Waals surface area contributed by atoms with Gasteiger partial charge in [-0.15, -0.1) is 0 Å². The van der Waals surface area contributed by atoms with Crippen molar-refractivity contribution >= 4 is 17.9 Å². The number of rotatable bonds is 57. The molecule has 0 bridgehead atoms. The molecule has 0 aromatic heterocycles. The zero-order valence-electron chi connectivity index (χ0n) is 52.0. The molecule has 0 aliphatic carbocycles. The van der Waals surface area contributed by atoms with Crippen LogP contribution in [0.5, 0.6) is 0 Å². The molecular formula is C75H118O6. The summed E-state index contributed by atoms with van der Waals surface area (Å²) in [5.41, 5.74) is 0. The number of hydrogen-bond acceptors (Lipinski definition) is 6. The molecule has 0 aliphatic heterocycles. The van der Waals surface area contributed by atoms with Gasteiger partial charge >= 0.3 is 17.9 Å². The Morgan fingerprint density at radius 2 is 0.481 bits per heavy atom. The predicted octanol–water partition coefficient (Wildman–Crippen LogP) is 22.7. The van der Waals surface area contributed by atoms with Crippen molar-refractivity contribution in [3.8, 4) is 0 Å². The molecule has 0 spiro atoms. The molecule has 0 aromatic rings. The maximum absolute atomic E-state index is 12.9. The van der Waals surface area contributed by atoms with Crippen LogP contribution in [0.2, 0.25) is 0 Å². The average Bonchev–Trinajstić information content (AvgIpc) is 3.46. The van der Waals surface area contributed by atoms with Gasteiger partial charge in [0, 0.05) is 19.3 Å². The Labute approximate surface area is 498 Å². The van der Waals surface area contributed by atoms with Crippen LogP contribution in [-0.2, 0) is 28.6 Å². The molecule has 0 rings (SSSR count). The summed E-state index contributed by atoms with van der Waals surface area (Å²) in [4.78, 5) is 38.3. The normalized spacial score (nSPS) is 13.3. The highest BCUT2D eigenvalue weighted by Gasteiger charge is 2.19. The first kappa shape index (κ1) is 75.8. The van der Waals surface area contributed by atoms with Crippen molar-refractivity contribution in [2.45, 2.75) is 271 Å². The second kappa shape index (κ2) is 67.3. The van der Waals surface area contributed by atoms with Gasteiger partial charge in [-0.2, -0.15) is 0 Å². The van der Waals surface area contributed by atoms with Gasteiger partial charge < -0.3 is 14.2 Å². The van der Waals surface area contributed by atoms with Crippen molar-refractivity contribution in [2.75, 3.05) is 13.2 Å². The summed E-state index contributed by atoms with van der Waals surface area (Å²) in [5, 5.41) is 0. The quantitative estimate of drug-likeness (QED) is 0.0261. The zero-order valence-corrected chi connectivity index (χ0v) is 52.0. The van der Waals surface area contributed by atoms with Gasteiger partial charge in [0.2, 0.25) is 0 Å². The molecule has 81 heavy (non-hydrogen) atoms. The predicted molar refractivity (Wildman–Crippen MR) is 352 cm³/mol. The summed E-state index contributed by atoms with van der Waals surface area (Å²) in [6.07, 6.45) is 99.3. The Hall–Kier alpha value is -5.23. The van der Waals surface area contributed by atoms with Crippen LogP contribution < -0.4 is 0 Å². The number of carbonyl (C=O) groups is 3. The van der Waals surface area contributed by atoms with E-state index in [1.807, 2.05) is 0 Å². The monoisotopic (exact) mass is 1110 g/mol. The summed E-state index contributed by atoms with van der Waals surface area (Å²) < 4.78 is 16.9. The third-order valence-electron chi connectivity index (χ3n) is 13.2. The van der Waals surface area contributed by atoms with Gasteiger partial charge in [-0.1, -0.05) is 281 Å². The fourth-order valence-corrected chi connectivity index (χ4v) is 8.40. The summed E-state index contributed by atoms with van der Waals surface area (Å²) in [5.74, 6) is -0.982. The highest BCUT2D eigenvalue weighted by molar-refractivity contribution is 5.71. The second-order valence-electron chi connectivity index (χ2n) is 20.9. The first-order valence-corrected chi connectivity index (χ1v) is 32.6. The molecule has 0 heterocycles. The average molecular weight is 1120 g/mol. The number of esters is 3. The number of allylic oxidation sites excluding steroid dienone is 28. The maximum atomic E-state index is 12.9. The van der Waals surface area contributed by atoms with Crippen LogP contribution >= 0.6 is 0 Å². The smallest absolute Gasteiger partial charge is 0.306 e. The summed E-state index contributed by atoms with van der Waals surface area (Å²) in [6.45, 7) is 6.35. The van der Waals surface area contributed by atoms with Crippen molar-refractivity contribution in [2.24, 2.45) is 0 Å². The molecule has 1 atom stereocenters. The molecule has 6 nitrogen and oxygen atoms in total. The van der Waals surface area contributed by atoms with E-state index in [1.165, 1.54) is 64.2 Å². The lowest BCUT2D eigenvalue weighted by Gasteiger charge is -2.18. The summed E-state index contributed by atoms with van der Waals surface area (Å²) >= 11 is 0. The standard InChI is InChI=1S/C75H118O6/c1-4-7-10-13-16-19-22-25-27-29-31-33-35-36-37-38-40-41-43-45-47-50-53-56-59-62-65-68-74(77)80-71-72(70-79-73(76)67-64-61-58-55-52-49-24-21-18-15-12-9-6-3)81-75(78)69-66-63-60-57-54-51-48-46-44-42-39-34-32-30-28-26-23-20-17-14-11-8-5-2/h7-8,10-11,16-17,19-20,25-28,31-34,36-37,40-42,44-45,47-48,51,53,56,72H,4-6,9,12-15,18,21-24,29-30,35,38-39,43,46,49-50,52,54-55,57-71H2,1-3H3/b10-7-,11-8-,19-16-,20-17-,27-25-,28-26-,33-31-,34-32-,37-36-,41-40-,44-42-,47-45-,51-48-,56-53-. The lowest BCUT2D eigenvalue weighted by molar-refractivity contribution is -0.167. The second-order valence-corrected chi connectivity index (χ2v) is 20.9. The molecule has 0 fully saturated rings. The van der Waals surface area contributed by atoms with E-state index in [-0.39, 0.29) is 44.0 Å². The van der Waals surface area contributed by atoms with Crippen LogP contribution in [0.15, 0.2) is 170 Å². The molecule has 454 valence electrons. The van der Waals surface area contributed by atoms with Gasteiger partial charge in [0.15, 0.2) is 6.10 Å². The summed E-state index contributed by atoms with van der Waals surface area (Å²) in [6, 6.07) is 0. The Morgan fingerprint density at radius 1 is 0.259 bits per heavy atom. The Kier molecular flexibility index (Phi) is 62.9. The van der Waals surface area contributed by atoms with Crippen molar-refractivity contribution in [3.63, 3.8) is 0 Å². The lowest BCUT2D eigenvalue weighted by Crippen LogP contribution is -2.30. The molecule has 0 saturated carbocycles. The molecule has 0 radical (unpaired) electrons.